The number of ether oxygens (including phenoxy) is 3. The predicted octanol–water partition coefficient (Wildman–Crippen LogP) is 1.33. The molecular formula is C15H23NO4. The van der Waals surface area contributed by atoms with Crippen LogP contribution in [0.3, 0.4) is 0 Å². The minimum absolute atomic E-state index is 0.0830. The molecule has 0 amide bonds. The number of benzene rings is 1. The molecule has 1 heterocycles. The Labute approximate surface area is 119 Å². The maximum atomic E-state index is 8.59. The fraction of sp³-hybridized carbons (Fsp3) is 0.600. The van der Waals surface area contributed by atoms with E-state index in [0.717, 1.165) is 30.9 Å². The van der Waals surface area contributed by atoms with Crippen molar-refractivity contribution in [1.82, 2.24) is 5.32 Å². The van der Waals surface area contributed by atoms with Gasteiger partial charge in [0.25, 0.3) is 0 Å². The average Bonchev–Trinajstić information content (AvgIpc) is 2.92. The summed E-state index contributed by atoms with van der Waals surface area (Å²) in [6.07, 6.45) is 2.06. The van der Waals surface area contributed by atoms with Crippen LogP contribution in [0.4, 0.5) is 0 Å². The van der Waals surface area contributed by atoms with Crippen LogP contribution in [0, 0.1) is 0 Å². The van der Waals surface area contributed by atoms with Gasteiger partial charge in [0.15, 0.2) is 11.5 Å². The van der Waals surface area contributed by atoms with Gasteiger partial charge in [0.1, 0.15) is 0 Å². The molecule has 5 heteroatoms. The van der Waals surface area contributed by atoms with Crippen LogP contribution in [0.1, 0.15) is 18.9 Å². The van der Waals surface area contributed by atoms with E-state index in [1.165, 1.54) is 5.56 Å². The molecule has 1 aliphatic rings. The zero-order valence-corrected chi connectivity index (χ0v) is 11.9. The van der Waals surface area contributed by atoms with Crippen LogP contribution in [0.15, 0.2) is 18.2 Å². The third-order valence-electron chi connectivity index (χ3n) is 3.28. The van der Waals surface area contributed by atoms with Gasteiger partial charge in [-0.1, -0.05) is 6.07 Å². The summed E-state index contributed by atoms with van der Waals surface area (Å²) in [4.78, 5) is 0. The van der Waals surface area contributed by atoms with Crippen molar-refractivity contribution >= 4 is 0 Å². The number of aliphatic hydroxyl groups is 1. The van der Waals surface area contributed by atoms with E-state index in [1.807, 2.05) is 6.07 Å². The van der Waals surface area contributed by atoms with Crippen molar-refractivity contribution in [3.63, 3.8) is 0 Å². The summed E-state index contributed by atoms with van der Waals surface area (Å²) in [7, 11) is 0. The number of nitrogens with one attached hydrogen (secondary N) is 1. The molecule has 1 aromatic carbocycles. The quantitative estimate of drug-likeness (QED) is 0.669. The van der Waals surface area contributed by atoms with Gasteiger partial charge >= 0.3 is 0 Å². The van der Waals surface area contributed by atoms with Gasteiger partial charge in [-0.2, -0.15) is 0 Å². The monoisotopic (exact) mass is 281 g/mol. The number of rotatable bonds is 9. The van der Waals surface area contributed by atoms with E-state index in [-0.39, 0.29) is 6.61 Å². The molecule has 2 rings (SSSR count). The van der Waals surface area contributed by atoms with Gasteiger partial charge in [0, 0.05) is 12.6 Å². The lowest BCUT2D eigenvalue weighted by atomic mass is 10.1. The lowest BCUT2D eigenvalue weighted by Crippen LogP contribution is -2.30. The van der Waals surface area contributed by atoms with Crippen LogP contribution in [0.2, 0.25) is 0 Å². The first kappa shape index (κ1) is 15.1. The summed E-state index contributed by atoms with van der Waals surface area (Å²) < 4.78 is 15.9. The Morgan fingerprint density at radius 2 is 2.15 bits per heavy atom. The Morgan fingerprint density at radius 3 is 3.00 bits per heavy atom. The number of fused-ring (bicyclic) bond motifs is 1. The Kier molecular flexibility index (Phi) is 6.11. The van der Waals surface area contributed by atoms with Gasteiger partial charge in [-0.05, 0) is 37.5 Å². The topological polar surface area (TPSA) is 60.0 Å². The number of hydrogen-bond donors (Lipinski definition) is 2. The molecule has 0 radical (unpaired) electrons. The molecule has 0 spiro atoms. The van der Waals surface area contributed by atoms with Gasteiger partial charge in [0.05, 0.1) is 19.8 Å². The highest BCUT2D eigenvalue weighted by atomic mass is 16.7. The Bertz CT molecular complexity index is 411. The van der Waals surface area contributed by atoms with E-state index >= 15 is 0 Å². The van der Waals surface area contributed by atoms with Crippen LogP contribution < -0.4 is 14.8 Å². The maximum Gasteiger partial charge on any atom is 0.231 e. The fourth-order valence-corrected chi connectivity index (χ4v) is 2.13. The van der Waals surface area contributed by atoms with Crippen molar-refractivity contribution in [3.05, 3.63) is 23.8 Å². The Balaban J connectivity index is 1.64. The largest absolute Gasteiger partial charge is 0.454 e. The Morgan fingerprint density at radius 1 is 1.30 bits per heavy atom. The van der Waals surface area contributed by atoms with Gasteiger partial charge in [-0.15, -0.1) is 0 Å². The molecule has 1 aromatic rings. The molecule has 5 nitrogen and oxygen atoms in total. The second-order valence-corrected chi connectivity index (χ2v) is 4.92. The predicted molar refractivity (Wildman–Crippen MR) is 76.3 cm³/mol. The summed E-state index contributed by atoms with van der Waals surface area (Å²) in [5.74, 6) is 1.68. The first-order chi connectivity index (χ1) is 9.79. The number of aryl methyl sites for hydroxylation is 1. The van der Waals surface area contributed by atoms with Crippen molar-refractivity contribution < 1.29 is 19.3 Å². The highest BCUT2D eigenvalue weighted by molar-refractivity contribution is 5.44. The molecule has 0 aromatic heterocycles. The zero-order chi connectivity index (χ0) is 14.2. The smallest absolute Gasteiger partial charge is 0.231 e. The molecular weight excluding hydrogens is 258 g/mol. The van der Waals surface area contributed by atoms with Crippen molar-refractivity contribution in [1.29, 1.82) is 0 Å². The summed E-state index contributed by atoms with van der Waals surface area (Å²) >= 11 is 0. The second kappa shape index (κ2) is 8.09. The molecule has 1 aliphatic heterocycles. The molecule has 20 heavy (non-hydrogen) atoms. The lowest BCUT2D eigenvalue weighted by Gasteiger charge is -2.14. The van der Waals surface area contributed by atoms with Crippen LogP contribution in [-0.4, -0.2) is 44.3 Å². The summed E-state index contributed by atoms with van der Waals surface area (Å²) in [6.45, 7) is 4.42. The van der Waals surface area contributed by atoms with Gasteiger partial charge < -0.3 is 24.6 Å². The van der Waals surface area contributed by atoms with E-state index in [2.05, 4.69) is 24.4 Å². The van der Waals surface area contributed by atoms with Crippen molar-refractivity contribution in [2.75, 3.05) is 33.2 Å². The molecule has 0 bridgehead atoms. The van der Waals surface area contributed by atoms with E-state index in [0.29, 0.717) is 26.0 Å². The molecule has 0 fully saturated rings. The zero-order valence-electron chi connectivity index (χ0n) is 11.9. The molecule has 0 saturated carbocycles. The van der Waals surface area contributed by atoms with Crippen molar-refractivity contribution in [2.24, 2.45) is 0 Å². The number of aliphatic hydroxyl groups excluding tert-OH is 1. The first-order valence-corrected chi connectivity index (χ1v) is 7.10. The third kappa shape index (κ3) is 4.67. The minimum Gasteiger partial charge on any atom is -0.454 e. The average molecular weight is 281 g/mol. The summed E-state index contributed by atoms with van der Waals surface area (Å²) in [5, 5.41) is 12.0. The van der Waals surface area contributed by atoms with Crippen LogP contribution in [0.25, 0.3) is 0 Å². The Hall–Kier alpha value is -1.30. The standard InChI is InChI=1S/C15H23NO4/c1-12(16-6-8-18-9-7-17)2-3-13-4-5-14-15(10-13)20-11-19-14/h4-5,10,12,16-17H,2-3,6-9,11H2,1H3. The van der Waals surface area contributed by atoms with Gasteiger partial charge in [-0.3, -0.25) is 0 Å². The highest BCUT2D eigenvalue weighted by Gasteiger charge is 2.13. The molecule has 1 unspecified atom stereocenters. The molecule has 0 aliphatic carbocycles. The molecule has 112 valence electrons. The van der Waals surface area contributed by atoms with Gasteiger partial charge in [0.2, 0.25) is 6.79 Å². The van der Waals surface area contributed by atoms with E-state index in [4.69, 9.17) is 19.3 Å². The molecule has 1 atom stereocenters. The summed E-state index contributed by atoms with van der Waals surface area (Å²) in [6, 6.07) is 6.54. The van der Waals surface area contributed by atoms with Crippen LogP contribution >= 0.6 is 0 Å². The maximum absolute atomic E-state index is 8.59. The van der Waals surface area contributed by atoms with Crippen LogP contribution in [0.5, 0.6) is 11.5 Å². The normalized spacial score (nSPS) is 14.5. The van der Waals surface area contributed by atoms with Gasteiger partial charge in [-0.25, -0.2) is 0 Å². The number of hydrogen-bond acceptors (Lipinski definition) is 5. The highest BCUT2D eigenvalue weighted by Crippen LogP contribution is 2.32. The van der Waals surface area contributed by atoms with E-state index in [1.54, 1.807) is 0 Å². The fourth-order valence-electron chi connectivity index (χ4n) is 2.13. The van der Waals surface area contributed by atoms with E-state index in [9.17, 15) is 0 Å². The van der Waals surface area contributed by atoms with E-state index < -0.39 is 0 Å². The molecule has 0 saturated heterocycles. The van der Waals surface area contributed by atoms with Crippen molar-refractivity contribution in [2.45, 2.75) is 25.8 Å². The molecule has 2 N–H and O–H groups in total. The first-order valence-electron chi connectivity index (χ1n) is 7.10. The lowest BCUT2D eigenvalue weighted by molar-refractivity contribution is 0.0927. The van der Waals surface area contributed by atoms with Crippen molar-refractivity contribution in [3.8, 4) is 11.5 Å². The van der Waals surface area contributed by atoms with Crippen LogP contribution in [-0.2, 0) is 11.2 Å². The second-order valence-electron chi connectivity index (χ2n) is 4.92. The summed E-state index contributed by atoms with van der Waals surface area (Å²) in [5.41, 5.74) is 1.26. The third-order valence-corrected chi connectivity index (χ3v) is 3.28. The SMILES string of the molecule is CC(CCc1ccc2c(c1)OCO2)NCCOCCO. The minimum atomic E-state index is 0.0830.